The first-order chi connectivity index (χ1) is 15.9. The fourth-order valence-electron chi connectivity index (χ4n) is 4.17. The SMILES string of the molecule is Cc1ccc(S(=O)(=O)N2CCOCC2)cc1NC(=O)CN1CCN(Cc2ccccc2)CC1. The Kier molecular flexibility index (Phi) is 7.77. The molecule has 0 spiro atoms. The van der Waals surface area contributed by atoms with Crippen LogP contribution in [0, 0.1) is 6.92 Å². The Hall–Kier alpha value is -2.30. The summed E-state index contributed by atoms with van der Waals surface area (Å²) in [5.41, 5.74) is 2.67. The summed E-state index contributed by atoms with van der Waals surface area (Å²) in [6.07, 6.45) is 0. The first kappa shape index (κ1) is 23.8. The van der Waals surface area contributed by atoms with Crippen LogP contribution in [-0.2, 0) is 26.1 Å². The van der Waals surface area contributed by atoms with Crippen LogP contribution in [0.1, 0.15) is 11.1 Å². The van der Waals surface area contributed by atoms with Gasteiger partial charge in [-0.25, -0.2) is 8.42 Å². The van der Waals surface area contributed by atoms with Gasteiger partial charge in [0, 0.05) is 51.5 Å². The number of morpholine rings is 1. The third-order valence-corrected chi connectivity index (χ3v) is 8.07. The number of nitrogens with zero attached hydrogens (tertiary/aromatic N) is 3. The van der Waals surface area contributed by atoms with Crippen molar-refractivity contribution in [2.75, 3.05) is 64.3 Å². The number of hydrogen-bond donors (Lipinski definition) is 1. The zero-order valence-electron chi connectivity index (χ0n) is 19.1. The zero-order chi connectivity index (χ0) is 23.3. The summed E-state index contributed by atoms with van der Waals surface area (Å²) in [5, 5.41) is 2.92. The minimum absolute atomic E-state index is 0.129. The van der Waals surface area contributed by atoms with E-state index in [4.69, 9.17) is 4.74 Å². The summed E-state index contributed by atoms with van der Waals surface area (Å²) in [6.45, 7) is 8.02. The van der Waals surface area contributed by atoms with Gasteiger partial charge in [-0.15, -0.1) is 0 Å². The topological polar surface area (TPSA) is 82.2 Å². The number of carbonyl (C=O) groups is 1. The second-order valence-electron chi connectivity index (χ2n) is 8.58. The van der Waals surface area contributed by atoms with Gasteiger partial charge in [-0.05, 0) is 30.2 Å². The van der Waals surface area contributed by atoms with Crippen molar-refractivity contribution in [2.24, 2.45) is 0 Å². The van der Waals surface area contributed by atoms with Gasteiger partial charge in [0.05, 0.1) is 24.7 Å². The molecule has 2 fully saturated rings. The van der Waals surface area contributed by atoms with E-state index >= 15 is 0 Å². The molecule has 0 saturated carbocycles. The van der Waals surface area contributed by atoms with Crippen LogP contribution in [0.5, 0.6) is 0 Å². The van der Waals surface area contributed by atoms with Crippen LogP contribution in [0.25, 0.3) is 0 Å². The van der Waals surface area contributed by atoms with E-state index in [0.717, 1.165) is 38.3 Å². The Balaban J connectivity index is 1.32. The van der Waals surface area contributed by atoms with Gasteiger partial charge >= 0.3 is 0 Å². The Bertz CT molecular complexity index is 1050. The third kappa shape index (κ3) is 6.18. The van der Waals surface area contributed by atoms with Gasteiger partial charge in [0.1, 0.15) is 0 Å². The van der Waals surface area contributed by atoms with E-state index < -0.39 is 10.0 Å². The number of nitrogens with one attached hydrogen (secondary N) is 1. The van der Waals surface area contributed by atoms with E-state index in [1.807, 2.05) is 13.0 Å². The van der Waals surface area contributed by atoms with Crippen molar-refractivity contribution >= 4 is 21.6 Å². The highest BCUT2D eigenvalue weighted by molar-refractivity contribution is 7.89. The van der Waals surface area contributed by atoms with Crippen molar-refractivity contribution in [3.8, 4) is 0 Å². The van der Waals surface area contributed by atoms with Crippen LogP contribution in [0.2, 0.25) is 0 Å². The Morgan fingerprint density at radius 1 is 0.939 bits per heavy atom. The van der Waals surface area contributed by atoms with Crippen LogP contribution < -0.4 is 5.32 Å². The molecule has 0 atom stereocenters. The highest BCUT2D eigenvalue weighted by Gasteiger charge is 2.27. The van der Waals surface area contributed by atoms with Crippen LogP contribution >= 0.6 is 0 Å². The average molecular weight is 473 g/mol. The molecule has 8 nitrogen and oxygen atoms in total. The lowest BCUT2D eigenvalue weighted by Crippen LogP contribution is -2.48. The molecule has 33 heavy (non-hydrogen) atoms. The molecule has 0 aliphatic carbocycles. The van der Waals surface area contributed by atoms with Gasteiger partial charge in [0.25, 0.3) is 0 Å². The average Bonchev–Trinajstić information content (AvgIpc) is 2.83. The minimum Gasteiger partial charge on any atom is -0.379 e. The largest absolute Gasteiger partial charge is 0.379 e. The van der Waals surface area contributed by atoms with Crippen molar-refractivity contribution < 1.29 is 17.9 Å². The van der Waals surface area contributed by atoms with Crippen molar-refractivity contribution in [1.82, 2.24) is 14.1 Å². The van der Waals surface area contributed by atoms with Gasteiger partial charge in [-0.3, -0.25) is 14.6 Å². The normalized spacial score (nSPS) is 18.8. The Morgan fingerprint density at radius 3 is 2.30 bits per heavy atom. The summed E-state index contributed by atoms with van der Waals surface area (Å²) in [5.74, 6) is -0.129. The first-order valence-electron chi connectivity index (χ1n) is 11.4. The molecule has 2 heterocycles. The van der Waals surface area contributed by atoms with Crippen LogP contribution in [0.4, 0.5) is 5.69 Å². The molecule has 2 aliphatic rings. The number of piperazine rings is 1. The number of aryl methyl sites for hydroxylation is 1. The maximum Gasteiger partial charge on any atom is 0.243 e. The van der Waals surface area contributed by atoms with E-state index in [1.165, 1.54) is 9.87 Å². The fourth-order valence-corrected chi connectivity index (χ4v) is 5.61. The number of ether oxygens (including phenoxy) is 1. The summed E-state index contributed by atoms with van der Waals surface area (Å²) in [7, 11) is -3.61. The molecule has 2 saturated heterocycles. The van der Waals surface area contributed by atoms with Gasteiger partial charge in [-0.1, -0.05) is 36.4 Å². The summed E-state index contributed by atoms with van der Waals surface area (Å²) < 4.78 is 32.6. The number of amides is 1. The molecule has 0 aromatic heterocycles. The number of anilines is 1. The van der Waals surface area contributed by atoms with Crippen molar-refractivity contribution in [3.05, 3.63) is 59.7 Å². The van der Waals surface area contributed by atoms with Crippen molar-refractivity contribution in [2.45, 2.75) is 18.4 Å². The zero-order valence-corrected chi connectivity index (χ0v) is 19.9. The maximum atomic E-state index is 13.0. The number of sulfonamides is 1. The monoisotopic (exact) mass is 472 g/mol. The van der Waals surface area contributed by atoms with Crippen molar-refractivity contribution in [3.63, 3.8) is 0 Å². The molecule has 1 N–H and O–H groups in total. The molecule has 2 aliphatic heterocycles. The molecule has 178 valence electrons. The lowest BCUT2D eigenvalue weighted by Gasteiger charge is -2.34. The Morgan fingerprint density at radius 2 is 1.61 bits per heavy atom. The maximum absolute atomic E-state index is 13.0. The molecule has 4 rings (SSSR count). The highest BCUT2D eigenvalue weighted by Crippen LogP contribution is 2.23. The molecule has 0 unspecified atom stereocenters. The number of hydrogen-bond acceptors (Lipinski definition) is 6. The minimum atomic E-state index is -3.61. The second-order valence-corrected chi connectivity index (χ2v) is 10.5. The second kappa shape index (κ2) is 10.8. The first-order valence-corrected chi connectivity index (χ1v) is 12.8. The molecule has 0 radical (unpaired) electrons. The smallest absolute Gasteiger partial charge is 0.243 e. The van der Waals surface area contributed by atoms with Gasteiger partial charge < -0.3 is 10.1 Å². The van der Waals surface area contributed by atoms with E-state index in [0.29, 0.717) is 38.5 Å². The summed E-state index contributed by atoms with van der Waals surface area (Å²) in [6, 6.07) is 15.3. The molecule has 0 bridgehead atoms. The summed E-state index contributed by atoms with van der Waals surface area (Å²) >= 11 is 0. The Labute approximate surface area is 196 Å². The van der Waals surface area contributed by atoms with E-state index in [-0.39, 0.29) is 10.8 Å². The fraction of sp³-hybridized carbons (Fsp3) is 0.458. The lowest BCUT2D eigenvalue weighted by atomic mass is 10.2. The van der Waals surface area contributed by atoms with E-state index in [9.17, 15) is 13.2 Å². The van der Waals surface area contributed by atoms with Gasteiger partial charge in [-0.2, -0.15) is 4.31 Å². The van der Waals surface area contributed by atoms with Crippen LogP contribution in [0.15, 0.2) is 53.4 Å². The number of benzene rings is 2. The molecular weight excluding hydrogens is 440 g/mol. The lowest BCUT2D eigenvalue weighted by molar-refractivity contribution is -0.117. The highest BCUT2D eigenvalue weighted by atomic mass is 32.2. The third-order valence-electron chi connectivity index (χ3n) is 6.17. The van der Waals surface area contributed by atoms with Gasteiger partial charge in [0.2, 0.25) is 15.9 Å². The number of rotatable bonds is 7. The van der Waals surface area contributed by atoms with Crippen LogP contribution in [-0.4, -0.2) is 87.5 Å². The van der Waals surface area contributed by atoms with Crippen LogP contribution in [0.3, 0.4) is 0 Å². The van der Waals surface area contributed by atoms with Gasteiger partial charge in [0.15, 0.2) is 0 Å². The van der Waals surface area contributed by atoms with E-state index in [2.05, 4.69) is 39.4 Å². The molecule has 1 amide bonds. The summed E-state index contributed by atoms with van der Waals surface area (Å²) in [4.78, 5) is 17.5. The number of carbonyl (C=O) groups excluding carboxylic acids is 1. The molecular formula is C24H32N4O4S. The molecule has 9 heteroatoms. The molecule has 2 aromatic carbocycles. The molecule has 2 aromatic rings. The predicted molar refractivity (Wildman–Crippen MR) is 128 cm³/mol. The standard InChI is InChI=1S/C24H32N4O4S/c1-20-7-8-22(33(30,31)28-13-15-32-16-14-28)17-23(20)25-24(29)19-27-11-9-26(10-12-27)18-21-5-3-2-4-6-21/h2-8,17H,9-16,18-19H2,1H3,(H,25,29). The van der Waals surface area contributed by atoms with Crippen molar-refractivity contribution in [1.29, 1.82) is 0 Å². The van der Waals surface area contributed by atoms with E-state index in [1.54, 1.807) is 18.2 Å². The predicted octanol–water partition coefficient (Wildman–Crippen LogP) is 1.77. The quantitative estimate of drug-likeness (QED) is 0.662.